The van der Waals surface area contributed by atoms with Gasteiger partial charge in [-0.25, -0.2) is 9.98 Å². The minimum atomic E-state index is -5.86. The molecule has 1 aliphatic heterocycles. The summed E-state index contributed by atoms with van der Waals surface area (Å²) in [6.07, 6.45) is -11.7. The number of halogens is 8. The molecule has 0 radical (unpaired) electrons. The van der Waals surface area contributed by atoms with E-state index in [4.69, 9.17) is 23.2 Å². The number of rotatable bonds is 3. The van der Waals surface area contributed by atoms with E-state index in [-0.39, 0.29) is 21.2 Å². The molecule has 166 valence electrons. The van der Waals surface area contributed by atoms with Crippen molar-refractivity contribution < 1.29 is 26.3 Å². The first-order valence-corrected chi connectivity index (χ1v) is 9.67. The average Bonchev–Trinajstić information content (AvgIpc) is 2.65. The van der Waals surface area contributed by atoms with Crippen molar-refractivity contribution in [3.8, 4) is 0 Å². The zero-order chi connectivity index (χ0) is 23.2. The van der Waals surface area contributed by atoms with Gasteiger partial charge in [0.25, 0.3) is 0 Å². The highest BCUT2D eigenvalue weighted by Gasteiger charge is 2.74. The fourth-order valence-corrected chi connectivity index (χ4v) is 3.59. The molecule has 3 nitrogen and oxygen atoms in total. The van der Waals surface area contributed by atoms with E-state index >= 15 is 0 Å². The van der Waals surface area contributed by atoms with Gasteiger partial charge in [0.15, 0.2) is 0 Å². The Morgan fingerprint density at radius 1 is 0.839 bits per heavy atom. The molecule has 1 aliphatic rings. The Labute approximate surface area is 184 Å². The van der Waals surface area contributed by atoms with Crippen molar-refractivity contribution in [2.45, 2.75) is 37.9 Å². The summed E-state index contributed by atoms with van der Waals surface area (Å²) in [6.45, 7) is 3.18. The van der Waals surface area contributed by atoms with E-state index in [0.717, 1.165) is 0 Å². The maximum absolute atomic E-state index is 14.0. The zero-order valence-corrected chi connectivity index (χ0v) is 17.6. The van der Waals surface area contributed by atoms with Crippen LogP contribution in [0.25, 0.3) is 0 Å². The molecule has 11 heteroatoms. The van der Waals surface area contributed by atoms with Crippen LogP contribution in [0.3, 0.4) is 0 Å². The molecule has 2 aromatic carbocycles. The third-order valence-electron chi connectivity index (χ3n) is 4.50. The first-order chi connectivity index (χ1) is 14.3. The molecule has 0 amide bonds. The van der Waals surface area contributed by atoms with E-state index in [1.165, 1.54) is 47.4 Å². The molecule has 31 heavy (non-hydrogen) atoms. The number of amidine groups is 2. The molecule has 0 aromatic heterocycles. The fraction of sp³-hybridized carbons (Fsp3) is 0.300. The lowest BCUT2D eigenvalue weighted by Gasteiger charge is -2.41. The van der Waals surface area contributed by atoms with Crippen molar-refractivity contribution in [2.75, 3.05) is 0 Å². The van der Waals surface area contributed by atoms with Crippen LogP contribution in [0, 0.1) is 0 Å². The molecule has 0 bridgehead atoms. The van der Waals surface area contributed by atoms with Crippen LogP contribution in [-0.2, 0) is 0 Å². The van der Waals surface area contributed by atoms with Crippen LogP contribution in [0.5, 0.6) is 0 Å². The van der Waals surface area contributed by atoms with Gasteiger partial charge in [0.2, 0.25) is 0 Å². The Bertz CT molecular complexity index is 1020. The number of hydrogen-bond acceptors (Lipinski definition) is 3. The molecule has 0 saturated carbocycles. The van der Waals surface area contributed by atoms with Gasteiger partial charge in [-0.3, -0.25) is 0 Å². The minimum Gasteiger partial charge on any atom is -0.308 e. The molecule has 1 heterocycles. The summed E-state index contributed by atoms with van der Waals surface area (Å²) in [7, 11) is 0. The summed E-state index contributed by atoms with van der Waals surface area (Å²) < 4.78 is 83.7. The van der Waals surface area contributed by atoms with Gasteiger partial charge in [0.05, 0.1) is 5.02 Å². The predicted molar refractivity (Wildman–Crippen MR) is 108 cm³/mol. The summed E-state index contributed by atoms with van der Waals surface area (Å²) in [5, 5.41) is 0.0144. The molecule has 0 N–H and O–H groups in total. The van der Waals surface area contributed by atoms with Crippen LogP contribution in [0.15, 0.2) is 58.5 Å². The number of aliphatic imine (C=N–C) groups is 2. The fourth-order valence-electron chi connectivity index (χ4n) is 3.09. The molecule has 0 aliphatic carbocycles. The van der Waals surface area contributed by atoms with E-state index in [1.807, 2.05) is 0 Å². The second kappa shape index (κ2) is 8.02. The van der Waals surface area contributed by atoms with Crippen molar-refractivity contribution in [3.05, 3.63) is 69.7 Å². The monoisotopic (exact) mass is 481 g/mol. The van der Waals surface area contributed by atoms with Gasteiger partial charge in [-0.2, -0.15) is 26.3 Å². The van der Waals surface area contributed by atoms with Gasteiger partial charge in [-0.1, -0.05) is 53.5 Å². The molecule has 0 unspecified atom stereocenters. The van der Waals surface area contributed by atoms with Gasteiger partial charge in [-0.15, -0.1) is 0 Å². The Balaban J connectivity index is 2.43. The van der Waals surface area contributed by atoms with Crippen LogP contribution in [0.1, 0.15) is 25.0 Å². The second-order valence-electron chi connectivity index (χ2n) is 6.99. The second-order valence-corrected chi connectivity index (χ2v) is 7.84. The quantitative estimate of drug-likeness (QED) is 0.446. The summed E-state index contributed by atoms with van der Waals surface area (Å²) in [6, 6.07) is 10.4. The van der Waals surface area contributed by atoms with Crippen LogP contribution in [0.4, 0.5) is 26.3 Å². The molecule has 0 atom stereocenters. The van der Waals surface area contributed by atoms with E-state index in [0.29, 0.717) is 0 Å². The molecule has 0 spiro atoms. The first kappa shape index (κ1) is 23.4. The Kier molecular flexibility index (Phi) is 6.05. The third kappa shape index (κ3) is 4.13. The van der Waals surface area contributed by atoms with Crippen LogP contribution in [-0.4, -0.2) is 40.6 Å². The van der Waals surface area contributed by atoms with Crippen molar-refractivity contribution in [3.63, 3.8) is 0 Å². The smallest absolute Gasteiger partial charge is 0.308 e. The highest BCUT2D eigenvalue weighted by Crippen LogP contribution is 2.49. The highest BCUT2D eigenvalue weighted by atomic mass is 35.5. The summed E-state index contributed by atoms with van der Waals surface area (Å²) in [5.41, 5.74) is -4.78. The van der Waals surface area contributed by atoms with E-state index in [1.54, 1.807) is 19.9 Å². The topological polar surface area (TPSA) is 28.0 Å². The number of benzene rings is 2. The molecule has 2 aromatic rings. The predicted octanol–water partition coefficient (Wildman–Crippen LogP) is 6.73. The zero-order valence-electron chi connectivity index (χ0n) is 16.1. The number of nitrogens with zero attached hydrogens (tertiary/aromatic N) is 3. The standard InChI is InChI=1S/C20H15Cl2F6N3/c1-11(2)31-16(12-6-4-3-5-7-12)29-18(19(23,24)25,20(26,27)28)30-17(31)14-9-8-13(21)10-15(14)22/h3-11H,1-2H3. The Morgan fingerprint density at radius 2 is 1.39 bits per heavy atom. The van der Waals surface area contributed by atoms with Crippen LogP contribution < -0.4 is 0 Å². The summed E-state index contributed by atoms with van der Waals surface area (Å²) in [4.78, 5) is 7.55. The van der Waals surface area contributed by atoms with Crippen molar-refractivity contribution in [1.29, 1.82) is 0 Å². The van der Waals surface area contributed by atoms with Crippen molar-refractivity contribution in [2.24, 2.45) is 9.98 Å². The first-order valence-electron chi connectivity index (χ1n) is 8.92. The van der Waals surface area contributed by atoms with Crippen molar-refractivity contribution >= 4 is 34.9 Å². The number of alkyl halides is 6. The summed E-state index contributed by atoms with van der Waals surface area (Å²) >= 11 is 12.0. The average molecular weight is 482 g/mol. The molecule has 3 rings (SSSR count). The lowest BCUT2D eigenvalue weighted by molar-refractivity contribution is -0.293. The van der Waals surface area contributed by atoms with E-state index < -0.39 is 35.7 Å². The third-order valence-corrected chi connectivity index (χ3v) is 5.05. The molecular formula is C20H15Cl2F6N3. The summed E-state index contributed by atoms with van der Waals surface area (Å²) in [5.74, 6) is -1.14. The Hall–Kier alpha value is -2.26. The van der Waals surface area contributed by atoms with Gasteiger partial charge in [0, 0.05) is 22.2 Å². The van der Waals surface area contributed by atoms with Crippen LogP contribution >= 0.6 is 23.2 Å². The lowest BCUT2D eigenvalue weighted by Crippen LogP contribution is -2.60. The van der Waals surface area contributed by atoms with E-state index in [9.17, 15) is 26.3 Å². The molecule has 0 fully saturated rings. The maximum Gasteiger partial charge on any atom is 0.443 e. The molecule has 0 saturated heterocycles. The van der Waals surface area contributed by atoms with Gasteiger partial charge in [-0.05, 0) is 32.0 Å². The maximum atomic E-state index is 14.0. The normalized spacial score (nSPS) is 16.9. The van der Waals surface area contributed by atoms with Gasteiger partial charge in [0.1, 0.15) is 11.7 Å². The lowest BCUT2D eigenvalue weighted by atomic mass is 10.0. The van der Waals surface area contributed by atoms with Gasteiger partial charge >= 0.3 is 18.0 Å². The molecular weight excluding hydrogens is 467 g/mol. The van der Waals surface area contributed by atoms with Gasteiger partial charge < -0.3 is 4.90 Å². The van der Waals surface area contributed by atoms with E-state index in [2.05, 4.69) is 9.98 Å². The SMILES string of the molecule is CC(C)N1C(c2ccccc2)=NC(C(F)(F)F)(C(F)(F)F)N=C1c1ccc(Cl)cc1Cl. The largest absolute Gasteiger partial charge is 0.443 e. The Morgan fingerprint density at radius 3 is 1.87 bits per heavy atom. The van der Waals surface area contributed by atoms with Crippen LogP contribution in [0.2, 0.25) is 10.0 Å². The highest BCUT2D eigenvalue weighted by molar-refractivity contribution is 6.37. The minimum absolute atomic E-state index is 0.0616. The number of hydrogen-bond donors (Lipinski definition) is 0. The van der Waals surface area contributed by atoms with Crippen molar-refractivity contribution in [1.82, 2.24) is 4.90 Å².